The molecule has 0 aliphatic rings. The van der Waals surface area contributed by atoms with Gasteiger partial charge in [-0.15, -0.1) is 0 Å². The van der Waals surface area contributed by atoms with E-state index in [0.29, 0.717) is 22.6 Å². The van der Waals surface area contributed by atoms with Gasteiger partial charge in [0.2, 0.25) is 0 Å². The fraction of sp³-hybridized carbons (Fsp3) is 0.200. The SMILES string of the molecule is COc1ccc(OC)c(-c2cc(N)cc(C(F)F)c2)c1. The molecular formula is C15H15F2NO2. The predicted octanol–water partition coefficient (Wildman–Crippen LogP) is 3.89. The van der Waals surface area contributed by atoms with Crippen LogP contribution in [0.3, 0.4) is 0 Å². The van der Waals surface area contributed by atoms with Crippen LogP contribution in [0, 0.1) is 0 Å². The number of nitrogens with two attached hydrogens (primary N) is 1. The summed E-state index contributed by atoms with van der Waals surface area (Å²) in [4.78, 5) is 0. The fourth-order valence-corrected chi connectivity index (χ4v) is 2.00. The molecule has 0 aliphatic heterocycles. The molecular weight excluding hydrogens is 264 g/mol. The first-order chi connectivity index (χ1) is 9.55. The van der Waals surface area contributed by atoms with Crippen molar-refractivity contribution in [3.05, 3.63) is 42.0 Å². The Balaban J connectivity index is 2.60. The van der Waals surface area contributed by atoms with Crippen molar-refractivity contribution >= 4 is 5.69 Å². The van der Waals surface area contributed by atoms with E-state index in [4.69, 9.17) is 15.2 Å². The third kappa shape index (κ3) is 2.82. The summed E-state index contributed by atoms with van der Waals surface area (Å²) in [5.74, 6) is 1.18. The number of alkyl halides is 2. The summed E-state index contributed by atoms with van der Waals surface area (Å²) in [6.45, 7) is 0. The number of anilines is 1. The summed E-state index contributed by atoms with van der Waals surface area (Å²) in [7, 11) is 3.06. The van der Waals surface area contributed by atoms with Crippen LogP contribution >= 0.6 is 0 Å². The first-order valence-electron chi connectivity index (χ1n) is 5.96. The Morgan fingerprint density at radius 3 is 2.35 bits per heavy atom. The van der Waals surface area contributed by atoms with Gasteiger partial charge in [-0.25, -0.2) is 8.78 Å². The number of ether oxygens (including phenoxy) is 2. The van der Waals surface area contributed by atoms with Gasteiger partial charge in [-0.1, -0.05) is 0 Å². The number of hydrogen-bond donors (Lipinski definition) is 1. The maximum atomic E-state index is 12.9. The minimum absolute atomic E-state index is 0.120. The van der Waals surface area contributed by atoms with Crippen molar-refractivity contribution in [1.82, 2.24) is 0 Å². The van der Waals surface area contributed by atoms with Crippen LogP contribution in [-0.2, 0) is 0 Å². The van der Waals surface area contributed by atoms with Gasteiger partial charge in [-0.2, -0.15) is 0 Å². The van der Waals surface area contributed by atoms with Crippen LogP contribution in [0.2, 0.25) is 0 Å². The molecule has 106 valence electrons. The Morgan fingerprint density at radius 1 is 1.00 bits per heavy atom. The van der Waals surface area contributed by atoms with Gasteiger partial charge >= 0.3 is 0 Å². The summed E-state index contributed by atoms with van der Waals surface area (Å²) in [6, 6.07) is 9.48. The molecule has 0 atom stereocenters. The number of hydrogen-bond acceptors (Lipinski definition) is 3. The lowest BCUT2D eigenvalue weighted by Gasteiger charge is -2.12. The molecule has 0 spiro atoms. The molecule has 0 saturated heterocycles. The van der Waals surface area contributed by atoms with Gasteiger partial charge in [-0.3, -0.25) is 0 Å². The lowest BCUT2D eigenvalue weighted by atomic mass is 10.0. The average Bonchev–Trinajstić information content (AvgIpc) is 2.45. The summed E-state index contributed by atoms with van der Waals surface area (Å²) >= 11 is 0. The second kappa shape index (κ2) is 5.77. The van der Waals surface area contributed by atoms with Crippen molar-refractivity contribution in [2.24, 2.45) is 0 Å². The standard InChI is InChI=1S/C15H15F2NO2/c1-19-12-3-4-14(20-2)13(8-12)9-5-10(15(16)17)7-11(18)6-9/h3-8,15H,18H2,1-2H3. The number of rotatable bonds is 4. The first kappa shape index (κ1) is 14.1. The maximum Gasteiger partial charge on any atom is 0.263 e. The molecule has 0 aromatic heterocycles. The van der Waals surface area contributed by atoms with Crippen LogP contribution in [-0.4, -0.2) is 14.2 Å². The molecule has 0 heterocycles. The number of benzene rings is 2. The molecule has 3 nitrogen and oxygen atoms in total. The molecule has 0 saturated carbocycles. The highest BCUT2D eigenvalue weighted by Crippen LogP contribution is 2.36. The molecule has 0 amide bonds. The molecule has 2 aromatic rings. The van der Waals surface area contributed by atoms with Crippen molar-refractivity contribution in [2.75, 3.05) is 20.0 Å². The van der Waals surface area contributed by atoms with E-state index in [2.05, 4.69) is 0 Å². The van der Waals surface area contributed by atoms with E-state index >= 15 is 0 Å². The van der Waals surface area contributed by atoms with E-state index in [1.165, 1.54) is 26.4 Å². The third-order valence-corrected chi connectivity index (χ3v) is 2.95. The van der Waals surface area contributed by atoms with Crippen molar-refractivity contribution in [1.29, 1.82) is 0 Å². The number of halogens is 2. The topological polar surface area (TPSA) is 44.5 Å². The van der Waals surface area contributed by atoms with Gasteiger partial charge in [0, 0.05) is 16.8 Å². The summed E-state index contributed by atoms with van der Waals surface area (Å²) < 4.78 is 36.1. The third-order valence-electron chi connectivity index (χ3n) is 2.95. The van der Waals surface area contributed by atoms with Crippen LogP contribution in [0.1, 0.15) is 12.0 Å². The maximum absolute atomic E-state index is 12.9. The highest BCUT2D eigenvalue weighted by atomic mass is 19.3. The normalized spacial score (nSPS) is 10.7. The molecule has 0 aliphatic carbocycles. The van der Waals surface area contributed by atoms with Gasteiger partial charge in [0.1, 0.15) is 11.5 Å². The second-order valence-electron chi connectivity index (χ2n) is 4.26. The Labute approximate surface area is 115 Å². The predicted molar refractivity (Wildman–Crippen MR) is 74.4 cm³/mol. The van der Waals surface area contributed by atoms with E-state index in [1.54, 1.807) is 24.3 Å². The molecule has 20 heavy (non-hydrogen) atoms. The smallest absolute Gasteiger partial charge is 0.263 e. The number of methoxy groups -OCH3 is 2. The summed E-state index contributed by atoms with van der Waals surface area (Å²) in [6.07, 6.45) is -2.58. The van der Waals surface area contributed by atoms with E-state index in [-0.39, 0.29) is 11.3 Å². The van der Waals surface area contributed by atoms with Gasteiger partial charge in [-0.05, 0) is 42.0 Å². The van der Waals surface area contributed by atoms with E-state index in [9.17, 15) is 8.78 Å². The average molecular weight is 279 g/mol. The molecule has 2 N–H and O–H groups in total. The first-order valence-corrected chi connectivity index (χ1v) is 5.96. The van der Waals surface area contributed by atoms with E-state index < -0.39 is 6.43 Å². The zero-order chi connectivity index (χ0) is 14.7. The zero-order valence-corrected chi connectivity index (χ0v) is 11.2. The van der Waals surface area contributed by atoms with Crippen LogP contribution in [0.5, 0.6) is 11.5 Å². The van der Waals surface area contributed by atoms with Crippen LogP contribution in [0.4, 0.5) is 14.5 Å². The largest absolute Gasteiger partial charge is 0.497 e. The lowest BCUT2D eigenvalue weighted by Crippen LogP contribution is -1.94. The summed E-state index contributed by atoms with van der Waals surface area (Å²) in [5, 5.41) is 0. The Hall–Kier alpha value is -2.30. The van der Waals surface area contributed by atoms with Gasteiger partial charge in [0.05, 0.1) is 14.2 Å². The van der Waals surface area contributed by atoms with Crippen LogP contribution in [0.15, 0.2) is 36.4 Å². The minimum atomic E-state index is -2.58. The van der Waals surface area contributed by atoms with Crippen LogP contribution in [0.25, 0.3) is 11.1 Å². The Kier molecular flexibility index (Phi) is 4.08. The molecule has 0 unspecified atom stereocenters. The molecule has 0 fully saturated rings. The monoisotopic (exact) mass is 279 g/mol. The molecule has 0 bridgehead atoms. The molecule has 0 radical (unpaired) electrons. The van der Waals surface area contributed by atoms with Crippen molar-refractivity contribution < 1.29 is 18.3 Å². The summed E-state index contributed by atoms with van der Waals surface area (Å²) in [5.41, 5.74) is 7.07. The van der Waals surface area contributed by atoms with Crippen molar-refractivity contribution in [2.45, 2.75) is 6.43 Å². The zero-order valence-electron chi connectivity index (χ0n) is 11.2. The van der Waals surface area contributed by atoms with E-state index in [0.717, 1.165) is 0 Å². The lowest BCUT2D eigenvalue weighted by molar-refractivity contribution is 0.151. The quantitative estimate of drug-likeness (QED) is 0.863. The Morgan fingerprint density at radius 2 is 1.75 bits per heavy atom. The van der Waals surface area contributed by atoms with Crippen molar-refractivity contribution in [3.8, 4) is 22.6 Å². The van der Waals surface area contributed by atoms with Crippen LogP contribution < -0.4 is 15.2 Å². The fourth-order valence-electron chi connectivity index (χ4n) is 2.00. The number of nitrogen functional groups attached to an aromatic ring is 1. The minimum Gasteiger partial charge on any atom is -0.497 e. The molecule has 2 rings (SSSR count). The Bertz CT molecular complexity index is 615. The molecule has 5 heteroatoms. The van der Waals surface area contributed by atoms with E-state index in [1.807, 2.05) is 0 Å². The van der Waals surface area contributed by atoms with Gasteiger partial charge < -0.3 is 15.2 Å². The van der Waals surface area contributed by atoms with Crippen molar-refractivity contribution in [3.63, 3.8) is 0 Å². The highest BCUT2D eigenvalue weighted by Gasteiger charge is 2.13. The van der Waals surface area contributed by atoms with Gasteiger partial charge in [0.15, 0.2) is 0 Å². The highest BCUT2D eigenvalue weighted by molar-refractivity contribution is 5.75. The van der Waals surface area contributed by atoms with Gasteiger partial charge in [0.25, 0.3) is 6.43 Å². The molecule has 2 aromatic carbocycles. The second-order valence-corrected chi connectivity index (χ2v) is 4.26.